The molecule has 3 fully saturated rings. The minimum Gasteiger partial charge on any atom is -0.457 e. The van der Waals surface area contributed by atoms with Crippen LogP contribution in [-0.2, 0) is 6.18 Å². The Labute approximate surface area is 236 Å². The van der Waals surface area contributed by atoms with E-state index in [1.807, 2.05) is 59.4 Å². The molecule has 7 rings (SSSR count). The van der Waals surface area contributed by atoms with Crippen molar-refractivity contribution in [3.63, 3.8) is 0 Å². The number of alkyl halides is 3. The number of nitrogens with one attached hydrogen (secondary N) is 1. The molecule has 4 aromatic rings. The third kappa shape index (κ3) is 5.78. The van der Waals surface area contributed by atoms with E-state index in [4.69, 9.17) is 4.74 Å². The van der Waals surface area contributed by atoms with Crippen LogP contribution in [0.5, 0.6) is 11.5 Å². The molecule has 210 valence electrons. The van der Waals surface area contributed by atoms with Gasteiger partial charge in [-0.25, -0.2) is 4.98 Å². The van der Waals surface area contributed by atoms with Crippen molar-refractivity contribution >= 4 is 11.5 Å². The number of benzene rings is 2. The molecular formula is C33H30F3N3O2. The summed E-state index contributed by atoms with van der Waals surface area (Å²) in [6.45, 7) is 2.12. The van der Waals surface area contributed by atoms with Gasteiger partial charge in [0.2, 0.25) is 0 Å². The van der Waals surface area contributed by atoms with E-state index in [0.717, 1.165) is 49.2 Å². The molecule has 2 aromatic carbocycles. The second-order valence-corrected chi connectivity index (χ2v) is 10.9. The van der Waals surface area contributed by atoms with Gasteiger partial charge in [0.1, 0.15) is 17.3 Å². The average molecular weight is 558 g/mol. The minimum absolute atomic E-state index is 0.0931. The second-order valence-electron chi connectivity index (χ2n) is 10.9. The minimum atomic E-state index is -4.38. The summed E-state index contributed by atoms with van der Waals surface area (Å²) >= 11 is 0. The molecule has 1 N–H and O–H groups in total. The molecule has 3 unspecified atom stereocenters. The van der Waals surface area contributed by atoms with Crippen molar-refractivity contribution in [2.24, 2.45) is 11.8 Å². The van der Waals surface area contributed by atoms with Gasteiger partial charge in [-0.1, -0.05) is 17.7 Å². The topological polar surface area (TPSA) is 56.2 Å². The Hall–Kier alpha value is -4.33. The Kier molecular flexibility index (Phi) is 7.15. The van der Waals surface area contributed by atoms with Gasteiger partial charge in [-0.3, -0.25) is 4.79 Å². The number of allylic oxidation sites excluding steroid dienone is 2. The van der Waals surface area contributed by atoms with Gasteiger partial charge in [0, 0.05) is 24.6 Å². The van der Waals surface area contributed by atoms with Gasteiger partial charge in [0.15, 0.2) is 0 Å². The van der Waals surface area contributed by atoms with Crippen molar-refractivity contribution in [1.29, 1.82) is 0 Å². The predicted octanol–water partition coefficient (Wildman–Crippen LogP) is 8.08. The SMILES string of the molecule is C/C(=C1/CC2CCC1CC2NC(=O)c1ccc(-n2cccc2)nc1)c1cccc(Oc2ccc(C(F)(F)F)cc2)c1. The number of aromatic nitrogens is 2. The Balaban J connectivity index is 1.12. The number of hydrogen-bond acceptors (Lipinski definition) is 3. The van der Waals surface area contributed by atoms with Gasteiger partial charge in [0.05, 0.1) is 11.1 Å². The number of pyridine rings is 1. The van der Waals surface area contributed by atoms with Gasteiger partial charge >= 0.3 is 6.18 Å². The van der Waals surface area contributed by atoms with Gasteiger partial charge in [0.25, 0.3) is 5.91 Å². The Morgan fingerprint density at radius 3 is 2.39 bits per heavy atom. The summed E-state index contributed by atoms with van der Waals surface area (Å²) in [5.74, 6) is 2.36. The standard InChI is InChI=1S/C33H30F3N3O2/c1-21(22-5-4-6-28(17-22)41-27-12-10-26(11-13-27)33(34,35)36)29-18-24-8-7-23(29)19-30(24)38-32(40)25-9-14-31(37-20-25)39-15-2-3-16-39/h2-6,9-17,20,23-24,30H,7-8,18-19H2,1H3,(H,38,40)/b29-21+. The molecule has 5 nitrogen and oxygen atoms in total. The molecule has 8 heteroatoms. The summed E-state index contributed by atoms with van der Waals surface area (Å²) in [7, 11) is 0. The number of rotatable bonds is 6. The quantitative estimate of drug-likeness (QED) is 0.261. The summed E-state index contributed by atoms with van der Waals surface area (Å²) in [5.41, 5.74) is 3.50. The molecular weight excluding hydrogens is 527 g/mol. The largest absolute Gasteiger partial charge is 0.457 e. The fraction of sp³-hybridized carbons (Fsp3) is 0.273. The first kappa shape index (κ1) is 26.9. The normalized spacial score (nSPS) is 21.4. The molecule has 2 heterocycles. The van der Waals surface area contributed by atoms with E-state index in [1.165, 1.54) is 23.3 Å². The van der Waals surface area contributed by atoms with E-state index in [1.54, 1.807) is 12.3 Å². The van der Waals surface area contributed by atoms with Gasteiger partial charge in [-0.15, -0.1) is 0 Å². The molecule has 1 amide bonds. The van der Waals surface area contributed by atoms with E-state index in [0.29, 0.717) is 28.9 Å². The van der Waals surface area contributed by atoms with Crippen LogP contribution in [0.4, 0.5) is 13.2 Å². The molecule has 2 bridgehead atoms. The lowest BCUT2D eigenvalue weighted by atomic mass is 9.64. The smallest absolute Gasteiger partial charge is 0.416 e. The van der Waals surface area contributed by atoms with Gasteiger partial charge in [-0.2, -0.15) is 13.2 Å². The van der Waals surface area contributed by atoms with Gasteiger partial charge in [-0.05, 0) is 116 Å². The van der Waals surface area contributed by atoms with Crippen LogP contribution in [-0.4, -0.2) is 21.5 Å². The zero-order valence-corrected chi connectivity index (χ0v) is 22.6. The maximum atomic E-state index is 13.0. The molecule has 41 heavy (non-hydrogen) atoms. The van der Waals surface area contributed by atoms with Crippen molar-refractivity contribution in [2.75, 3.05) is 0 Å². The molecule has 3 saturated carbocycles. The molecule has 3 aliphatic rings. The Bertz CT molecular complexity index is 1560. The van der Waals surface area contributed by atoms with Crippen molar-refractivity contribution in [2.45, 2.75) is 44.8 Å². The summed E-state index contributed by atoms with van der Waals surface area (Å²) in [4.78, 5) is 17.5. The van der Waals surface area contributed by atoms with Crippen LogP contribution in [0.2, 0.25) is 0 Å². The van der Waals surface area contributed by atoms with E-state index in [2.05, 4.69) is 17.2 Å². The third-order valence-corrected chi connectivity index (χ3v) is 8.33. The molecule has 3 atom stereocenters. The lowest BCUT2D eigenvalue weighted by Gasteiger charge is -2.45. The van der Waals surface area contributed by atoms with Crippen LogP contribution in [0.1, 0.15) is 54.1 Å². The van der Waals surface area contributed by atoms with E-state index in [-0.39, 0.29) is 11.9 Å². The first-order chi connectivity index (χ1) is 19.7. The van der Waals surface area contributed by atoms with Crippen LogP contribution in [0.3, 0.4) is 0 Å². The summed E-state index contributed by atoms with van der Waals surface area (Å²) in [5, 5.41) is 3.27. The number of fused-ring (bicyclic) bond motifs is 3. The zero-order valence-electron chi connectivity index (χ0n) is 22.6. The predicted molar refractivity (Wildman–Crippen MR) is 151 cm³/mol. The van der Waals surface area contributed by atoms with Crippen molar-refractivity contribution < 1.29 is 22.7 Å². The molecule has 0 radical (unpaired) electrons. The van der Waals surface area contributed by atoms with E-state index in [9.17, 15) is 18.0 Å². The third-order valence-electron chi connectivity index (χ3n) is 8.33. The number of carbonyl (C=O) groups is 1. The highest BCUT2D eigenvalue weighted by Gasteiger charge is 2.40. The Morgan fingerprint density at radius 1 is 0.951 bits per heavy atom. The van der Waals surface area contributed by atoms with E-state index >= 15 is 0 Å². The average Bonchev–Trinajstić information content (AvgIpc) is 3.52. The highest BCUT2D eigenvalue weighted by Crippen LogP contribution is 2.47. The molecule has 0 saturated heterocycles. The second kappa shape index (κ2) is 10.9. The van der Waals surface area contributed by atoms with E-state index < -0.39 is 11.7 Å². The van der Waals surface area contributed by atoms with Crippen molar-refractivity contribution in [3.05, 3.63) is 114 Å². The fourth-order valence-corrected chi connectivity index (χ4v) is 6.12. The highest BCUT2D eigenvalue weighted by atomic mass is 19.4. The number of amides is 1. The number of nitrogens with zero attached hydrogens (tertiary/aromatic N) is 2. The summed E-state index contributed by atoms with van der Waals surface area (Å²) < 4.78 is 46.4. The molecule has 3 aliphatic carbocycles. The monoisotopic (exact) mass is 557 g/mol. The maximum Gasteiger partial charge on any atom is 0.416 e. The molecule has 0 aliphatic heterocycles. The molecule has 2 aromatic heterocycles. The Morgan fingerprint density at radius 2 is 1.73 bits per heavy atom. The lowest BCUT2D eigenvalue weighted by Crippen LogP contribution is -2.48. The van der Waals surface area contributed by atoms with Crippen molar-refractivity contribution in [1.82, 2.24) is 14.9 Å². The van der Waals surface area contributed by atoms with Crippen LogP contribution >= 0.6 is 0 Å². The number of ether oxygens (including phenoxy) is 1. The number of carbonyl (C=O) groups excluding carboxylic acids is 1. The fourth-order valence-electron chi connectivity index (χ4n) is 6.12. The van der Waals surface area contributed by atoms with Gasteiger partial charge < -0.3 is 14.6 Å². The summed E-state index contributed by atoms with van der Waals surface area (Å²) in [6.07, 6.45) is 5.08. The lowest BCUT2D eigenvalue weighted by molar-refractivity contribution is -0.137. The van der Waals surface area contributed by atoms with Crippen LogP contribution < -0.4 is 10.1 Å². The van der Waals surface area contributed by atoms with Crippen LogP contribution in [0, 0.1) is 11.8 Å². The maximum absolute atomic E-state index is 13.0. The van der Waals surface area contributed by atoms with Crippen LogP contribution in [0.15, 0.2) is 97.0 Å². The summed E-state index contributed by atoms with van der Waals surface area (Å²) in [6, 6.07) is 20.0. The molecule has 0 spiro atoms. The highest BCUT2D eigenvalue weighted by molar-refractivity contribution is 5.94. The zero-order chi connectivity index (χ0) is 28.6. The number of halogens is 3. The number of hydrogen-bond donors (Lipinski definition) is 1. The first-order valence-electron chi connectivity index (χ1n) is 13.8. The van der Waals surface area contributed by atoms with Crippen LogP contribution in [0.25, 0.3) is 11.4 Å². The first-order valence-corrected chi connectivity index (χ1v) is 13.8. The van der Waals surface area contributed by atoms with Crippen molar-refractivity contribution in [3.8, 4) is 17.3 Å².